The van der Waals surface area contributed by atoms with E-state index in [1.165, 1.54) is 16.1 Å². The maximum Gasteiger partial charge on any atom is 0.236 e. The molecule has 0 heterocycles. The van der Waals surface area contributed by atoms with E-state index in [-0.39, 0.29) is 6.04 Å². The third-order valence-corrected chi connectivity index (χ3v) is 5.63. The monoisotopic (exact) mass is 313 g/mol. The highest BCUT2D eigenvalue weighted by Crippen LogP contribution is 2.24. The molecule has 0 atom stereocenters. The SMILES string of the molecule is CN(C1CCCCC1)S(=O)(=O)/C=C/c1ccc(Cl)cc1. The first-order valence-corrected chi connectivity index (χ1v) is 8.79. The molecule has 0 radical (unpaired) electrons. The second-order valence-electron chi connectivity index (χ2n) is 5.21. The highest BCUT2D eigenvalue weighted by molar-refractivity contribution is 7.92. The molecule has 0 unspecified atom stereocenters. The maximum atomic E-state index is 12.3. The predicted octanol–water partition coefficient (Wildman–Crippen LogP) is 3.91. The lowest BCUT2D eigenvalue weighted by Crippen LogP contribution is -2.37. The Hall–Kier alpha value is -0.840. The van der Waals surface area contributed by atoms with Gasteiger partial charge in [-0.2, -0.15) is 4.31 Å². The Morgan fingerprint density at radius 2 is 1.75 bits per heavy atom. The Morgan fingerprint density at radius 3 is 2.35 bits per heavy atom. The van der Waals surface area contributed by atoms with Crippen LogP contribution in [0.3, 0.4) is 0 Å². The van der Waals surface area contributed by atoms with E-state index >= 15 is 0 Å². The topological polar surface area (TPSA) is 37.4 Å². The number of hydrogen-bond acceptors (Lipinski definition) is 2. The molecule has 1 aliphatic carbocycles. The van der Waals surface area contributed by atoms with Gasteiger partial charge in [-0.15, -0.1) is 0 Å². The summed E-state index contributed by atoms with van der Waals surface area (Å²) in [7, 11) is -1.67. The summed E-state index contributed by atoms with van der Waals surface area (Å²) in [4.78, 5) is 0. The number of halogens is 1. The third-order valence-electron chi connectivity index (χ3n) is 3.79. The van der Waals surface area contributed by atoms with E-state index in [0.717, 1.165) is 31.2 Å². The minimum atomic E-state index is -3.35. The normalized spacial score (nSPS) is 17.9. The molecule has 1 fully saturated rings. The van der Waals surface area contributed by atoms with Gasteiger partial charge >= 0.3 is 0 Å². The van der Waals surface area contributed by atoms with E-state index in [0.29, 0.717) is 5.02 Å². The Kier molecular flexibility index (Phi) is 5.24. The fourth-order valence-electron chi connectivity index (χ4n) is 2.49. The lowest BCUT2D eigenvalue weighted by atomic mass is 9.96. The smallest absolute Gasteiger partial charge is 0.208 e. The number of benzene rings is 1. The van der Waals surface area contributed by atoms with E-state index in [2.05, 4.69) is 0 Å². The molecular weight excluding hydrogens is 294 g/mol. The first-order valence-electron chi connectivity index (χ1n) is 6.91. The Labute approximate surface area is 126 Å². The highest BCUT2D eigenvalue weighted by atomic mass is 35.5. The molecule has 2 rings (SSSR count). The van der Waals surface area contributed by atoms with Crippen LogP contribution in [-0.4, -0.2) is 25.8 Å². The summed E-state index contributed by atoms with van der Waals surface area (Å²) in [6, 6.07) is 7.24. The minimum absolute atomic E-state index is 0.142. The Morgan fingerprint density at radius 1 is 1.15 bits per heavy atom. The molecule has 0 aromatic heterocycles. The van der Waals surface area contributed by atoms with E-state index in [1.807, 2.05) is 0 Å². The zero-order chi connectivity index (χ0) is 14.6. The molecule has 0 amide bonds. The Bertz CT molecular complexity index is 560. The fraction of sp³-hybridized carbons (Fsp3) is 0.467. The van der Waals surface area contributed by atoms with Crippen LogP contribution in [0.25, 0.3) is 6.08 Å². The van der Waals surface area contributed by atoms with Crippen molar-refractivity contribution >= 4 is 27.7 Å². The third kappa shape index (κ3) is 4.08. The van der Waals surface area contributed by atoms with Gasteiger partial charge in [0.25, 0.3) is 0 Å². The van der Waals surface area contributed by atoms with Gasteiger partial charge in [-0.3, -0.25) is 0 Å². The van der Waals surface area contributed by atoms with Crippen molar-refractivity contribution in [3.63, 3.8) is 0 Å². The van der Waals surface area contributed by atoms with Gasteiger partial charge in [0.2, 0.25) is 10.0 Å². The van der Waals surface area contributed by atoms with Crippen molar-refractivity contribution in [2.45, 2.75) is 38.1 Å². The summed E-state index contributed by atoms with van der Waals surface area (Å²) in [5.74, 6) is 0. The van der Waals surface area contributed by atoms with Gasteiger partial charge in [-0.25, -0.2) is 8.42 Å². The lowest BCUT2D eigenvalue weighted by Gasteiger charge is -2.29. The number of nitrogens with zero attached hydrogens (tertiary/aromatic N) is 1. The van der Waals surface area contributed by atoms with Crippen LogP contribution in [0.15, 0.2) is 29.7 Å². The quantitative estimate of drug-likeness (QED) is 0.845. The molecule has 0 saturated heterocycles. The van der Waals surface area contributed by atoms with Crippen LogP contribution in [0.4, 0.5) is 0 Å². The molecule has 1 aromatic rings. The van der Waals surface area contributed by atoms with Crippen LogP contribution >= 0.6 is 11.6 Å². The summed E-state index contributed by atoms with van der Waals surface area (Å²) in [6.45, 7) is 0. The van der Waals surface area contributed by atoms with E-state index in [1.54, 1.807) is 37.4 Å². The van der Waals surface area contributed by atoms with Gasteiger partial charge < -0.3 is 0 Å². The van der Waals surface area contributed by atoms with Crippen molar-refractivity contribution < 1.29 is 8.42 Å². The van der Waals surface area contributed by atoms with Gasteiger partial charge in [0.15, 0.2) is 0 Å². The number of hydrogen-bond donors (Lipinski definition) is 0. The van der Waals surface area contributed by atoms with Crippen LogP contribution in [-0.2, 0) is 10.0 Å². The van der Waals surface area contributed by atoms with Gasteiger partial charge in [-0.1, -0.05) is 43.0 Å². The molecule has 1 aliphatic rings. The van der Waals surface area contributed by atoms with Crippen LogP contribution in [0.5, 0.6) is 0 Å². The molecule has 5 heteroatoms. The van der Waals surface area contributed by atoms with E-state index in [9.17, 15) is 8.42 Å². The molecule has 110 valence electrons. The van der Waals surface area contributed by atoms with Gasteiger partial charge in [0.1, 0.15) is 0 Å². The zero-order valence-corrected chi connectivity index (χ0v) is 13.2. The second kappa shape index (κ2) is 6.74. The predicted molar refractivity (Wildman–Crippen MR) is 84.0 cm³/mol. The second-order valence-corrected chi connectivity index (χ2v) is 7.52. The van der Waals surface area contributed by atoms with Crippen molar-refractivity contribution in [1.29, 1.82) is 0 Å². The standard InChI is InChI=1S/C15H20ClNO2S/c1-17(15-5-3-2-4-6-15)20(18,19)12-11-13-7-9-14(16)10-8-13/h7-12,15H,2-6H2,1H3/b12-11+. The number of sulfonamides is 1. The molecular formula is C15H20ClNO2S. The van der Waals surface area contributed by atoms with Crippen molar-refractivity contribution in [1.82, 2.24) is 4.31 Å². The summed E-state index contributed by atoms with van der Waals surface area (Å²) in [5.41, 5.74) is 0.829. The molecule has 0 N–H and O–H groups in total. The summed E-state index contributed by atoms with van der Waals surface area (Å²) in [6.07, 6.45) is 6.99. The molecule has 1 aromatic carbocycles. The van der Waals surface area contributed by atoms with E-state index < -0.39 is 10.0 Å². The first kappa shape index (κ1) is 15.5. The first-order chi connectivity index (χ1) is 9.49. The minimum Gasteiger partial charge on any atom is -0.208 e. The average Bonchev–Trinajstić information content (AvgIpc) is 2.47. The Balaban J connectivity index is 2.07. The largest absolute Gasteiger partial charge is 0.236 e. The zero-order valence-electron chi connectivity index (χ0n) is 11.6. The molecule has 20 heavy (non-hydrogen) atoms. The maximum absolute atomic E-state index is 12.3. The molecule has 0 aliphatic heterocycles. The van der Waals surface area contributed by atoms with Crippen molar-refractivity contribution in [3.8, 4) is 0 Å². The van der Waals surface area contributed by atoms with Gasteiger partial charge in [0, 0.05) is 23.5 Å². The van der Waals surface area contributed by atoms with Crippen molar-refractivity contribution in [2.75, 3.05) is 7.05 Å². The number of rotatable bonds is 4. The van der Waals surface area contributed by atoms with Crippen molar-refractivity contribution in [3.05, 3.63) is 40.3 Å². The lowest BCUT2D eigenvalue weighted by molar-refractivity contribution is 0.288. The van der Waals surface area contributed by atoms with Crippen LogP contribution in [0.1, 0.15) is 37.7 Å². The fourth-order valence-corrected chi connectivity index (χ4v) is 3.76. The highest BCUT2D eigenvalue weighted by Gasteiger charge is 2.25. The molecule has 3 nitrogen and oxygen atoms in total. The summed E-state index contributed by atoms with van der Waals surface area (Å²) < 4.78 is 26.1. The van der Waals surface area contributed by atoms with Crippen molar-refractivity contribution in [2.24, 2.45) is 0 Å². The molecule has 0 spiro atoms. The van der Waals surface area contributed by atoms with Crippen LogP contribution < -0.4 is 0 Å². The summed E-state index contributed by atoms with van der Waals surface area (Å²) >= 11 is 5.80. The van der Waals surface area contributed by atoms with E-state index in [4.69, 9.17) is 11.6 Å². The summed E-state index contributed by atoms with van der Waals surface area (Å²) in [5, 5.41) is 1.93. The van der Waals surface area contributed by atoms with Gasteiger partial charge in [-0.05, 0) is 36.6 Å². The van der Waals surface area contributed by atoms with Gasteiger partial charge in [0.05, 0.1) is 0 Å². The van der Waals surface area contributed by atoms with Crippen LogP contribution in [0, 0.1) is 0 Å². The average molecular weight is 314 g/mol. The molecule has 1 saturated carbocycles. The molecule has 0 bridgehead atoms. The van der Waals surface area contributed by atoms with Crippen LogP contribution in [0.2, 0.25) is 5.02 Å².